The predicted octanol–water partition coefficient (Wildman–Crippen LogP) is 1.63. The summed E-state index contributed by atoms with van der Waals surface area (Å²) >= 11 is 0. The molecule has 0 bridgehead atoms. The molecule has 0 aliphatic heterocycles. The molecule has 2 N–H and O–H groups in total. The van der Waals surface area contributed by atoms with E-state index in [2.05, 4.69) is 15.0 Å². The minimum absolute atomic E-state index is 0.0351. The average Bonchev–Trinajstić information content (AvgIpc) is 3.02. The maximum Gasteiger partial charge on any atom is 0.240 e. The van der Waals surface area contributed by atoms with Gasteiger partial charge in [-0.2, -0.15) is 0 Å². The molecule has 0 radical (unpaired) electrons. The first kappa shape index (κ1) is 18.1. The summed E-state index contributed by atoms with van der Waals surface area (Å²) < 4.78 is 28.4. The zero-order chi connectivity index (χ0) is 18.6. The number of carbonyl (C=O) groups is 1. The van der Waals surface area contributed by atoms with E-state index in [9.17, 15) is 13.2 Å². The quantitative estimate of drug-likeness (QED) is 0.659. The van der Waals surface area contributed by atoms with E-state index in [-0.39, 0.29) is 23.8 Å². The molecule has 2 heterocycles. The number of carbonyl (C=O) groups excluding carboxylic acids is 1. The lowest BCUT2D eigenvalue weighted by molar-refractivity contribution is -0.121. The lowest BCUT2D eigenvalue weighted by Gasteiger charge is -2.07. The highest BCUT2D eigenvalue weighted by Crippen LogP contribution is 2.08. The van der Waals surface area contributed by atoms with Crippen molar-refractivity contribution in [3.8, 4) is 0 Å². The van der Waals surface area contributed by atoms with E-state index >= 15 is 0 Å². The van der Waals surface area contributed by atoms with Gasteiger partial charge in [-0.3, -0.25) is 4.79 Å². The number of pyridine rings is 1. The molecule has 1 aromatic carbocycles. The van der Waals surface area contributed by atoms with Crippen LogP contribution < -0.4 is 10.0 Å². The zero-order valence-electron chi connectivity index (χ0n) is 14.3. The van der Waals surface area contributed by atoms with Crippen LogP contribution in [0.5, 0.6) is 0 Å². The van der Waals surface area contributed by atoms with Crippen molar-refractivity contribution in [1.29, 1.82) is 0 Å². The Morgan fingerprint density at radius 3 is 2.73 bits per heavy atom. The van der Waals surface area contributed by atoms with Gasteiger partial charge in [-0.1, -0.05) is 18.2 Å². The topological polar surface area (TPSA) is 92.6 Å². The Bertz CT molecular complexity index is 1010. The van der Waals surface area contributed by atoms with Gasteiger partial charge in [-0.25, -0.2) is 18.1 Å². The van der Waals surface area contributed by atoms with Crippen molar-refractivity contribution in [3.05, 3.63) is 66.1 Å². The maximum absolute atomic E-state index is 12.1. The third-order valence-corrected chi connectivity index (χ3v) is 5.31. The van der Waals surface area contributed by atoms with Gasteiger partial charge in [0, 0.05) is 25.4 Å². The van der Waals surface area contributed by atoms with E-state index in [0.29, 0.717) is 6.54 Å². The maximum atomic E-state index is 12.1. The summed E-state index contributed by atoms with van der Waals surface area (Å²) in [5, 5.41) is 2.75. The smallest absolute Gasteiger partial charge is 0.240 e. The monoisotopic (exact) mass is 372 g/mol. The minimum Gasteiger partial charge on any atom is -0.350 e. The molecule has 3 aromatic rings. The summed E-state index contributed by atoms with van der Waals surface area (Å²) in [6.07, 6.45) is 3.83. The number of aromatic nitrogens is 2. The molecule has 0 fully saturated rings. The Kier molecular flexibility index (Phi) is 5.34. The third-order valence-electron chi connectivity index (χ3n) is 3.83. The largest absolute Gasteiger partial charge is 0.350 e. The fraction of sp³-hybridized carbons (Fsp3) is 0.222. The first-order valence-electron chi connectivity index (χ1n) is 8.20. The molecule has 136 valence electrons. The van der Waals surface area contributed by atoms with E-state index in [1.54, 1.807) is 18.2 Å². The number of hydrogen-bond acceptors (Lipinski definition) is 4. The molecule has 0 aliphatic carbocycles. The van der Waals surface area contributed by atoms with E-state index in [4.69, 9.17) is 0 Å². The Morgan fingerprint density at radius 2 is 1.96 bits per heavy atom. The molecule has 2 aromatic heterocycles. The molecular weight excluding hydrogens is 352 g/mol. The summed E-state index contributed by atoms with van der Waals surface area (Å²) in [5.41, 5.74) is 2.68. The molecular formula is C18H20N4O3S. The fourth-order valence-corrected chi connectivity index (χ4v) is 3.53. The van der Waals surface area contributed by atoms with Gasteiger partial charge in [0.1, 0.15) is 5.65 Å². The first-order chi connectivity index (χ1) is 12.4. The molecule has 0 unspecified atom stereocenters. The van der Waals surface area contributed by atoms with Gasteiger partial charge >= 0.3 is 0 Å². The highest BCUT2D eigenvalue weighted by Gasteiger charge is 2.13. The second-order valence-electron chi connectivity index (χ2n) is 5.94. The molecule has 0 spiro atoms. The number of benzene rings is 1. The van der Waals surface area contributed by atoms with Crippen molar-refractivity contribution in [1.82, 2.24) is 19.4 Å². The Labute approximate surface area is 152 Å². The van der Waals surface area contributed by atoms with Gasteiger partial charge in [-0.05, 0) is 36.8 Å². The molecule has 0 aliphatic rings. The normalized spacial score (nSPS) is 11.6. The average molecular weight is 372 g/mol. The second-order valence-corrected chi connectivity index (χ2v) is 7.71. The lowest BCUT2D eigenvalue weighted by atomic mass is 10.3. The summed E-state index contributed by atoms with van der Waals surface area (Å²) in [6.45, 7) is 2.32. The van der Waals surface area contributed by atoms with Crippen LogP contribution in [0.25, 0.3) is 5.65 Å². The Balaban J connectivity index is 1.48. The van der Waals surface area contributed by atoms with Gasteiger partial charge in [0.25, 0.3) is 0 Å². The Hall–Kier alpha value is -2.71. The molecule has 0 atom stereocenters. The van der Waals surface area contributed by atoms with Crippen molar-refractivity contribution in [3.63, 3.8) is 0 Å². The molecule has 8 heteroatoms. The minimum atomic E-state index is -3.59. The van der Waals surface area contributed by atoms with Crippen LogP contribution in [0, 0.1) is 6.92 Å². The van der Waals surface area contributed by atoms with Crippen molar-refractivity contribution < 1.29 is 13.2 Å². The van der Waals surface area contributed by atoms with Crippen molar-refractivity contribution in [2.75, 3.05) is 6.54 Å². The standard InChI is InChI=1S/C18H20N4O3S/c1-14-8-10-22-13-15(21-17(22)11-14)12-19-18(23)7-9-20-26(24,25)16-5-3-2-4-6-16/h2-6,8,10-11,13,20H,7,9,12H2,1H3,(H,19,23). The number of aryl methyl sites for hydroxylation is 1. The van der Waals surface area contributed by atoms with Crippen LogP contribution >= 0.6 is 0 Å². The van der Waals surface area contributed by atoms with Crippen LogP contribution in [0.3, 0.4) is 0 Å². The molecule has 3 rings (SSSR count). The number of amides is 1. The predicted molar refractivity (Wildman–Crippen MR) is 98.0 cm³/mol. The van der Waals surface area contributed by atoms with Crippen molar-refractivity contribution in [2.24, 2.45) is 0 Å². The highest BCUT2D eigenvalue weighted by molar-refractivity contribution is 7.89. The summed E-state index contributed by atoms with van der Waals surface area (Å²) in [5.74, 6) is -0.242. The zero-order valence-corrected chi connectivity index (χ0v) is 15.2. The van der Waals surface area contributed by atoms with Gasteiger partial charge in [0.2, 0.25) is 15.9 Å². The number of nitrogens with zero attached hydrogens (tertiary/aromatic N) is 2. The summed E-state index contributed by atoms with van der Waals surface area (Å²) in [6, 6.07) is 12.0. The van der Waals surface area contributed by atoms with E-state index in [1.165, 1.54) is 12.1 Å². The van der Waals surface area contributed by atoms with Crippen LogP contribution in [0.4, 0.5) is 0 Å². The van der Waals surface area contributed by atoms with E-state index < -0.39 is 10.0 Å². The molecule has 0 saturated heterocycles. The number of rotatable bonds is 7. The number of hydrogen-bond donors (Lipinski definition) is 2. The van der Waals surface area contributed by atoms with Gasteiger partial charge in [0.15, 0.2) is 0 Å². The SMILES string of the molecule is Cc1ccn2cc(CNC(=O)CCNS(=O)(=O)c3ccccc3)nc2c1. The summed E-state index contributed by atoms with van der Waals surface area (Å²) in [4.78, 5) is 16.5. The van der Waals surface area contributed by atoms with Crippen LogP contribution in [0.15, 0.2) is 59.8 Å². The first-order valence-corrected chi connectivity index (χ1v) is 9.68. The second kappa shape index (κ2) is 7.67. The number of imidazole rings is 1. The third kappa shape index (κ3) is 4.47. The van der Waals surface area contributed by atoms with Crippen LogP contribution in [-0.4, -0.2) is 30.3 Å². The number of fused-ring (bicyclic) bond motifs is 1. The fourth-order valence-electron chi connectivity index (χ4n) is 2.48. The Morgan fingerprint density at radius 1 is 1.19 bits per heavy atom. The number of sulfonamides is 1. The molecule has 26 heavy (non-hydrogen) atoms. The number of nitrogens with one attached hydrogen (secondary N) is 2. The molecule has 0 saturated carbocycles. The highest BCUT2D eigenvalue weighted by atomic mass is 32.2. The van der Waals surface area contributed by atoms with Gasteiger partial charge in [-0.15, -0.1) is 0 Å². The van der Waals surface area contributed by atoms with Crippen LogP contribution in [0.2, 0.25) is 0 Å². The van der Waals surface area contributed by atoms with Crippen LogP contribution in [-0.2, 0) is 21.4 Å². The van der Waals surface area contributed by atoms with E-state index in [1.807, 2.05) is 35.9 Å². The van der Waals surface area contributed by atoms with Crippen molar-refractivity contribution in [2.45, 2.75) is 24.8 Å². The molecule has 7 nitrogen and oxygen atoms in total. The van der Waals surface area contributed by atoms with Gasteiger partial charge in [0.05, 0.1) is 17.1 Å². The lowest BCUT2D eigenvalue weighted by Crippen LogP contribution is -2.30. The van der Waals surface area contributed by atoms with E-state index in [0.717, 1.165) is 16.9 Å². The van der Waals surface area contributed by atoms with Crippen molar-refractivity contribution >= 4 is 21.6 Å². The summed E-state index contributed by atoms with van der Waals surface area (Å²) in [7, 11) is -3.59. The van der Waals surface area contributed by atoms with Crippen LogP contribution in [0.1, 0.15) is 17.7 Å². The molecule has 1 amide bonds. The van der Waals surface area contributed by atoms with Gasteiger partial charge < -0.3 is 9.72 Å².